The van der Waals surface area contributed by atoms with Crippen molar-refractivity contribution in [3.63, 3.8) is 0 Å². The number of thiophene rings is 1. The summed E-state index contributed by atoms with van der Waals surface area (Å²) in [5.74, 6) is -0.451. The number of carbonyl (C=O) groups is 1. The predicted octanol–water partition coefficient (Wildman–Crippen LogP) is 6.42. The molecular weight excluding hydrogens is 464 g/mol. The van der Waals surface area contributed by atoms with Crippen molar-refractivity contribution in [1.29, 1.82) is 0 Å². The molecule has 0 saturated heterocycles. The Morgan fingerprint density at radius 3 is 2.18 bits per heavy atom. The lowest BCUT2D eigenvalue weighted by molar-refractivity contribution is 0.102. The maximum atomic E-state index is 13.9. The van der Waals surface area contributed by atoms with Crippen LogP contribution in [0.2, 0.25) is 0 Å². The van der Waals surface area contributed by atoms with Gasteiger partial charge in [0.15, 0.2) is 0 Å². The van der Waals surface area contributed by atoms with Gasteiger partial charge in [-0.1, -0.05) is 48.5 Å². The van der Waals surface area contributed by atoms with E-state index >= 15 is 0 Å². The van der Waals surface area contributed by atoms with Crippen LogP contribution in [0.3, 0.4) is 0 Å². The van der Waals surface area contributed by atoms with Gasteiger partial charge in [-0.2, -0.15) is 0 Å². The van der Waals surface area contributed by atoms with E-state index in [2.05, 4.69) is 5.32 Å². The van der Waals surface area contributed by atoms with E-state index in [1.54, 1.807) is 17.5 Å². The maximum absolute atomic E-state index is 13.9. The second kappa shape index (κ2) is 9.44. The smallest absolute Gasteiger partial charge is 0.267 e. The first-order valence-corrected chi connectivity index (χ1v) is 13.1. The summed E-state index contributed by atoms with van der Waals surface area (Å²) in [7, 11) is -2.53. The highest BCUT2D eigenvalue weighted by Crippen LogP contribution is 2.38. The Morgan fingerprint density at radius 1 is 0.853 bits per heavy atom. The Labute approximate surface area is 204 Å². The first-order valence-electron chi connectivity index (χ1n) is 10.8. The van der Waals surface area contributed by atoms with Crippen LogP contribution in [0.4, 0.5) is 11.4 Å². The zero-order valence-corrected chi connectivity index (χ0v) is 21.1. The normalized spacial score (nSPS) is 11.3. The molecule has 7 heteroatoms. The second-order valence-electron chi connectivity index (χ2n) is 8.32. The predicted molar refractivity (Wildman–Crippen MR) is 140 cm³/mol. The Bertz CT molecular complexity index is 1440. The lowest BCUT2D eigenvalue weighted by Gasteiger charge is -2.21. The maximum Gasteiger partial charge on any atom is 0.267 e. The molecule has 0 aliphatic heterocycles. The molecule has 1 aromatic heterocycles. The third-order valence-electron chi connectivity index (χ3n) is 5.50. The Hall–Kier alpha value is -3.42. The molecule has 1 amide bonds. The van der Waals surface area contributed by atoms with Gasteiger partial charge in [0, 0.05) is 23.7 Å². The van der Waals surface area contributed by atoms with Crippen molar-refractivity contribution in [1.82, 2.24) is 0 Å². The fourth-order valence-corrected chi connectivity index (χ4v) is 6.76. The monoisotopic (exact) mass is 490 g/mol. The van der Waals surface area contributed by atoms with Crippen LogP contribution < -0.4 is 9.62 Å². The summed E-state index contributed by atoms with van der Waals surface area (Å²) in [4.78, 5) is 13.5. The minimum absolute atomic E-state index is 0.00887. The Morgan fingerprint density at radius 2 is 1.53 bits per heavy atom. The van der Waals surface area contributed by atoms with Crippen molar-refractivity contribution in [3.8, 4) is 11.1 Å². The summed E-state index contributed by atoms with van der Waals surface area (Å²) in [6, 6.07) is 22.3. The van der Waals surface area contributed by atoms with Crippen LogP contribution in [0.15, 0.2) is 83.1 Å². The summed E-state index contributed by atoms with van der Waals surface area (Å²) < 4.78 is 29.1. The third-order valence-corrected chi connectivity index (χ3v) is 8.48. The quantitative estimate of drug-likeness (QED) is 0.339. The number of carbonyl (C=O) groups excluding carboxylic acids is 1. The molecule has 0 bridgehead atoms. The highest BCUT2D eigenvalue weighted by atomic mass is 32.2. The van der Waals surface area contributed by atoms with Crippen molar-refractivity contribution in [3.05, 3.63) is 99.7 Å². The van der Waals surface area contributed by atoms with E-state index in [1.807, 2.05) is 81.4 Å². The van der Waals surface area contributed by atoms with E-state index in [4.69, 9.17) is 0 Å². The lowest BCUT2D eigenvalue weighted by Crippen LogP contribution is -2.28. The fourth-order valence-electron chi connectivity index (χ4n) is 3.91. The molecule has 0 fully saturated rings. The van der Waals surface area contributed by atoms with Gasteiger partial charge >= 0.3 is 0 Å². The van der Waals surface area contributed by atoms with Gasteiger partial charge in [0.05, 0.1) is 5.69 Å². The SMILES string of the molecule is Cc1cc(C)cc(NC(=O)c2scc(-c3ccccc3)c2S(=O)(=O)N(C)c2cccc(C)c2)c1. The molecule has 4 aromatic rings. The van der Waals surface area contributed by atoms with Crippen LogP contribution in [0.5, 0.6) is 0 Å². The van der Waals surface area contributed by atoms with E-state index < -0.39 is 15.9 Å². The van der Waals surface area contributed by atoms with Crippen LogP contribution in [0.1, 0.15) is 26.4 Å². The average Bonchev–Trinajstić information content (AvgIpc) is 3.25. The fraction of sp³-hybridized carbons (Fsp3) is 0.148. The summed E-state index contributed by atoms with van der Waals surface area (Å²) in [6.45, 7) is 5.81. The molecule has 0 saturated carbocycles. The van der Waals surface area contributed by atoms with Crippen LogP contribution in [0, 0.1) is 20.8 Å². The van der Waals surface area contributed by atoms with E-state index in [0.29, 0.717) is 16.9 Å². The highest BCUT2D eigenvalue weighted by Gasteiger charge is 2.32. The number of anilines is 2. The Kier molecular flexibility index (Phi) is 6.59. The van der Waals surface area contributed by atoms with Gasteiger partial charge < -0.3 is 5.32 Å². The third kappa shape index (κ3) is 4.76. The molecule has 4 rings (SSSR count). The van der Waals surface area contributed by atoms with Crippen LogP contribution in [-0.2, 0) is 10.0 Å². The van der Waals surface area contributed by atoms with Crippen molar-refractivity contribution in [2.75, 3.05) is 16.7 Å². The standard InChI is InChI=1S/C27H26N2O3S2/c1-18-9-8-12-23(16-18)29(4)34(31,32)26-24(21-10-6-5-7-11-21)17-33-25(26)27(30)28-22-14-19(2)13-20(3)15-22/h5-17H,1-4H3,(H,28,30). The topological polar surface area (TPSA) is 66.5 Å². The summed E-state index contributed by atoms with van der Waals surface area (Å²) >= 11 is 1.13. The first kappa shape index (κ1) is 23.7. The Balaban J connectivity index is 1.84. The average molecular weight is 491 g/mol. The van der Waals surface area contributed by atoms with Crippen molar-refractivity contribution in [2.45, 2.75) is 25.7 Å². The number of rotatable bonds is 6. The minimum Gasteiger partial charge on any atom is -0.321 e. The molecule has 0 spiro atoms. The molecule has 0 aliphatic rings. The molecule has 5 nitrogen and oxygen atoms in total. The number of sulfonamides is 1. The molecule has 34 heavy (non-hydrogen) atoms. The first-order chi connectivity index (χ1) is 16.2. The number of nitrogens with zero attached hydrogens (tertiary/aromatic N) is 1. The second-order valence-corrected chi connectivity index (χ2v) is 11.1. The lowest BCUT2D eigenvalue weighted by atomic mass is 10.1. The van der Waals surface area contributed by atoms with E-state index in [1.165, 1.54) is 11.4 Å². The molecular formula is C27H26N2O3S2. The summed E-state index contributed by atoms with van der Waals surface area (Å²) in [5, 5.41) is 4.63. The van der Waals surface area contributed by atoms with Gasteiger partial charge in [-0.05, 0) is 67.3 Å². The van der Waals surface area contributed by atoms with E-state index in [9.17, 15) is 13.2 Å². The zero-order valence-electron chi connectivity index (χ0n) is 19.5. The summed E-state index contributed by atoms with van der Waals surface area (Å²) in [6.07, 6.45) is 0. The molecule has 1 heterocycles. The van der Waals surface area contributed by atoms with Crippen molar-refractivity contribution < 1.29 is 13.2 Å². The highest BCUT2D eigenvalue weighted by molar-refractivity contribution is 7.93. The number of aryl methyl sites for hydroxylation is 3. The molecule has 3 aromatic carbocycles. The van der Waals surface area contributed by atoms with Crippen molar-refractivity contribution in [2.24, 2.45) is 0 Å². The largest absolute Gasteiger partial charge is 0.321 e. The number of hydrogen-bond acceptors (Lipinski definition) is 4. The van der Waals surface area contributed by atoms with Gasteiger partial charge in [0.1, 0.15) is 9.77 Å². The number of hydrogen-bond donors (Lipinski definition) is 1. The number of amides is 1. The molecule has 174 valence electrons. The summed E-state index contributed by atoms with van der Waals surface area (Å²) in [5.41, 5.74) is 5.38. The van der Waals surface area contributed by atoms with Gasteiger partial charge in [-0.15, -0.1) is 11.3 Å². The van der Waals surface area contributed by atoms with Gasteiger partial charge in [-0.3, -0.25) is 9.10 Å². The van der Waals surface area contributed by atoms with Crippen molar-refractivity contribution >= 4 is 38.6 Å². The molecule has 0 unspecified atom stereocenters. The molecule has 0 radical (unpaired) electrons. The van der Waals surface area contributed by atoms with Gasteiger partial charge in [0.25, 0.3) is 15.9 Å². The van der Waals surface area contributed by atoms with E-state index in [0.717, 1.165) is 33.6 Å². The minimum atomic E-state index is -4.05. The molecule has 0 atom stereocenters. The molecule has 0 aliphatic carbocycles. The van der Waals surface area contributed by atoms with Crippen LogP contribution in [-0.4, -0.2) is 21.4 Å². The van der Waals surface area contributed by atoms with Crippen LogP contribution in [0.25, 0.3) is 11.1 Å². The van der Waals surface area contributed by atoms with E-state index in [-0.39, 0.29) is 9.77 Å². The zero-order chi connectivity index (χ0) is 24.5. The molecule has 1 N–H and O–H groups in total. The van der Waals surface area contributed by atoms with Crippen LogP contribution >= 0.6 is 11.3 Å². The van der Waals surface area contributed by atoms with Gasteiger partial charge in [0.2, 0.25) is 0 Å². The van der Waals surface area contributed by atoms with Gasteiger partial charge in [-0.25, -0.2) is 8.42 Å². The number of benzene rings is 3. The number of nitrogens with one attached hydrogen (secondary N) is 1.